The van der Waals surface area contributed by atoms with E-state index in [2.05, 4.69) is 4.72 Å². The quantitative estimate of drug-likeness (QED) is 0.814. The number of rotatable bonds is 7. The Morgan fingerprint density at radius 2 is 1.81 bits per heavy atom. The van der Waals surface area contributed by atoms with Gasteiger partial charge in [0, 0.05) is 11.9 Å². The largest absolute Gasteiger partial charge is 0.481 e. The van der Waals surface area contributed by atoms with E-state index in [4.69, 9.17) is 5.11 Å². The van der Waals surface area contributed by atoms with Gasteiger partial charge in [-0.1, -0.05) is 24.3 Å². The van der Waals surface area contributed by atoms with Crippen LogP contribution in [0.5, 0.6) is 0 Å². The van der Waals surface area contributed by atoms with Crippen molar-refractivity contribution in [2.75, 3.05) is 6.54 Å². The highest BCUT2D eigenvalue weighted by molar-refractivity contribution is 7.89. The first kappa shape index (κ1) is 15.7. The summed E-state index contributed by atoms with van der Waals surface area (Å²) in [5, 5.41) is 12.0. The van der Waals surface area contributed by atoms with Gasteiger partial charge in [0.15, 0.2) is 0 Å². The van der Waals surface area contributed by atoms with Crippen molar-refractivity contribution in [2.45, 2.75) is 17.7 Å². The molecule has 0 saturated heterocycles. The molecule has 0 amide bonds. The maximum atomic E-state index is 11.9. The van der Waals surface area contributed by atoms with Crippen molar-refractivity contribution in [3.8, 4) is 0 Å². The second-order valence-corrected chi connectivity index (χ2v) is 7.04. The molecule has 0 aliphatic carbocycles. The van der Waals surface area contributed by atoms with Crippen LogP contribution >= 0.6 is 11.3 Å². The number of aliphatic carboxylic acids is 1. The number of sulfonamides is 1. The zero-order valence-corrected chi connectivity index (χ0v) is 12.8. The van der Waals surface area contributed by atoms with E-state index in [1.165, 1.54) is 11.3 Å². The average molecular weight is 325 g/mol. The molecule has 0 unspecified atom stereocenters. The first-order chi connectivity index (χ1) is 9.97. The molecule has 112 valence electrons. The normalized spacial score (nSPS) is 11.4. The summed E-state index contributed by atoms with van der Waals surface area (Å²) >= 11 is 1.34. The third kappa shape index (κ3) is 4.66. The van der Waals surface area contributed by atoms with Crippen LogP contribution in [0.1, 0.15) is 11.1 Å². The number of benzene rings is 1. The molecule has 1 aromatic heterocycles. The van der Waals surface area contributed by atoms with Gasteiger partial charge in [-0.05, 0) is 29.0 Å². The lowest BCUT2D eigenvalue weighted by atomic mass is 10.1. The summed E-state index contributed by atoms with van der Waals surface area (Å²) in [6, 6.07) is 8.69. The van der Waals surface area contributed by atoms with E-state index >= 15 is 0 Å². The van der Waals surface area contributed by atoms with Gasteiger partial charge in [-0.15, -0.1) is 0 Å². The summed E-state index contributed by atoms with van der Waals surface area (Å²) in [7, 11) is -3.43. The number of carboxylic acid groups (broad SMARTS) is 1. The van der Waals surface area contributed by atoms with Crippen LogP contribution in [0, 0.1) is 0 Å². The molecule has 0 atom stereocenters. The van der Waals surface area contributed by atoms with Crippen LogP contribution in [0.2, 0.25) is 0 Å². The first-order valence-electron chi connectivity index (χ1n) is 6.29. The van der Waals surface area contributed by atoms with Crippen LogP contribution in [0.3, 0.4) is 0 Å². The zero-order valence-electron chi connectivity index (χ0n) is 11.2. The summed E-state index contributed by atoms with van der Waals surface area (Å²) in [4.78, 5) is 10.9. The van der Waals surface area contributed by atoms with Gasteiger partial charge < -0.3 is 5.11 Å². The van der Waals surface area contributed by atoms with Crippen LogP contribution in [-0.2, 0) is 27.7 Å². The monoisotopic (exact) mass is 325 g/mol. The van der Waals surface area contributed by atoms with Gasteiger partial charge in [0.25, 0.3) is 0 Å². The van der Waals surface area contributed by atoms with Gasteiger partial charge in [-0.25, -0.2) is 13.1 Å². The summed E-state index contributed by atoms with van der Waals surface area (Å²) in [6.07, 6.45) is 0.543. The van der Waals surface area contributed by atoms with E-state index in [1.54, 1.807) is 29.0 Å². The van der Waals surface area contributed by atoms with E-state index in [1.807, 2.05) is 12.1 Å². The fourth-order valence-electron chi connectivity index (χ4n) is 1.82. The Hall–Kier alpha value is -1.70. The molecule has 7 heteroatoms. The molecule has 1 aromatic carbocycles. The van der Waals surface area contributed by atoms with E-state index < -0.39 is 16.0 Å². The molecule has 0 aliphatic heterocycles. The van der Waals surface area contributed by atoms with Crippen molar-refractivity contribution in [3.63, 3.8) is 0 Å². The molecule has 0 radical (unpaired) electrons. The molecule has 0 bridgehead atoms. The predicted octanol–water partition coefficient (Wildman–Crippen LogP) is 1.90. The number of nitrogens with one attached hydrogen (secondary N) is 1. The third-order valence-electron chi connectivity index (χ3n) is 2.89. The van der Waals surface area contributed by atoms with Crippen LogP contribution in [-0.4, -0.2) is 26.0 Å². The van der Waals surface area contributed by atoms with Gasteiger partial charge in [-0.2, -0.15) is 11.3 Å². The molecule has 0 fully saturated rings. The third-order valence-corrected chi connectivity index (χ3v) is 5.18. The second-order valence-electron chi connectivity index (χ2n) is 4.49. The minimum atomic E-state index is -3.43. The van der Waals surface area contributed by atoms with Gasteiger partial charge in [0.1, 0.15) is 0 Å². The summed E-state index contributed by atoms with van der Waals surface area (Å²) < 4.78 is 26.3. The number of carbonyl (C=O) groups is 1. The van der Waals surface area contributed by atoms with E-state index in [0.29, 0.717) is 13.0 Å². The van der Waals surface area contributed by atoms with Gasteiger partial charge in [-0.3, -0.25) is 4.79 Å². The molecule has 2 rings (SSSR count). The van der Waals surface area contributed by atoms with E-state index in [-0.39, 0.29) is 11.3 Å². The van der Waals surface area contributed by atoms with Gasteiger partial charge >= 0.3 is 5.97 Å². The fourth-order valence-corrected chi connectivity index (χ4v) is 3.88. The highest BCUT2D eigenvalue weighted by Crippen LogP contribution is 2.12. The Balaban J connectivity index is 1.88. The number of hydrogen-bond acceptors (Lipinski definition) is 4. The van der Waals surface area contributed by atoms with Crippen molar-refractivity contribution in [1.82, 2.24) is 4.72 Å². The van der Waals surface area contributed by atoms with Crippen molar-refractivity contribution < 1.29 is 18.3 Å². The smallest absolute Gasteiger partial charge is 0.307 e. The van der Waals surface area contributed by atoms with Crippen LogP contribution in [0.25, 0.3) is 0 Å². The predicted molar refractivity (Wildman–Crippen MR) is 81.0 cm³/mol. The highest BCUT2D eigenvalue weighted by Gasteiger charge is 2.13. The maximum Gasteiger partial charge on any atom is 0.307 e. The minimum absolute atomic E-state index is 0.00886. The van der Waals surface area contributed by atoms with Crippen molar-refractivity contribution in [3.05, 3.63) is 52.2 Å². The lowest BCUT2D eigenvalue weighted by Crippen LogP contribution is -2.25. The maximum absolute atomic E-state index is 11.9. The SMILES string of the molecule is O=C(O)Cc1ccc(CCNS(=O)(=O)c2ccsc2)cc1. The van der Waals surface area contributed by atoms with Crippen LogP contribution in [0.4, 0.5) is 0 Å². The zero-order chi connectivity index (χ0) is 15.3. The van der Waals surface area contributed by atoms with Crippen molar-refractivity contribution in [1.29, 1.82) is 0 Å². The van der Waals surface area contributed by atoms with Crippen LogP contribution < -0.4 is 4.72 Å². The second kappa shape index (κ2) is 6.84. The summed E-state index contributed by atoms with van der Waals surface area (Å²) in [6.45, 7) is 0.302. The molecule has 5 nitrogen and oxygen atoms in total. The molecule has 2 N–H and O–H groups in total. The molecule has 0 saturated carbocycles. The van der Waals surface area contributed by atoms with Crippen LogP contribution in [0.15, 0.2) is 46.0 Å². The number of thiophene rings is 1. The fraction of sp³-hybridized carbons (Fsp3) is 0.214. The van der Waals surface area contributed by atoms with Crippen molar-refractivity contribution >= 4 is 27.3 Å². The number of carboxylic acids is 1. The standard InChI is InChI=1S/C14H15NO4S2/c16-14(17)9-12-3-1-11(2-4-12)5-7-15-21(18,19)13-6-8-20-10-13/h1-4,6,8,10,15H,5,7,9H2,(H,16,17). The Morgan fingerprint density at radius 3 is 2.38 bits per heavy atom. The highest BCUT2D eigenvalue weighted by atomic mass is 32.2. The molecule has 1 heterocycles. The number of hydrogen-bond donors (Lipinski definition) is 2. The van der Waals surface area contributed by atoms with Gasteiger partial charge in [0.05, 0.1) is 11.3 Å². The summed E-state index contributed by atoms with van der Waals surface area (Å²) in [5.41, 5.74) is 1.68. The summed E-state index contributed by atoms with van der Waals surface area (Å²) in [5.74, 6) is -0.869. The molecule has 0 spiro atoms. The first-order valence-corrected chi connectivity index (χ1v) is 8.71. The topological polar surface area (TPSA) is 83.5 Å². The Bertz CT molecular complexity index is 691. The molecule has 0 aliphatic rings. The molecular weight excluding hydrogens is 310 g/mol. The Kier molecular flexibility index (Phi) is 5.11. The van der Waals surface area contributed by atoms with Crippen molar-refractivity contribution in [2.24, 2.45) is 0 Å². The minimum Gasteiger partial charge on any atom is -0.481 e. The molecule has 2 aromatic rings. The Morgan fingerprint density at radius 1 is 1.14 bits per heavy atom. The van der Waals surface area contributed by atoms with E-state index in [0.717, 1.165) is 11.1 Å². The van der Waals surface area contributed by atoms with Gasteiger partial charge in [0.2, 0.25) is 10.0 Å². The lowest BCUT2D eigenvalue weighted by Gasteiger charge is -2.06. The lowest BCUT2D eigenvalue weighted by molar-refractivity contribution is -0.136. The molecule has 21 heavy (non-hydrogen) atoms. The van der Waals surface area contributed by atoms with E-state index in [9.17, 15) is 13.2 Å². The Labute approximate surface area is 127 Å². The average Bonchev–Trinajstić information content (AvgIpc) is 2.95. The molecular formula is C14H15NO4S2.